The van der Waals surface area contributed by atoms with E-state index in [0.717, 1.165) is 55.3 Å². The minimum Gasteiger partial charge on any atom is -0.338 e. The molecule has 1 saturated heterocycles. The average molecular weight is 494 g/mol. The van der Waals surface area contributed by atoms with E-state index in [4.69, 9.17) is 9.97 Å². The van der Waals surface area contributed by atoms with Gasteiger partial charge in [-0.25, -0.2) is 0 Å². The predicted molar refractivity (Wildman–Crippen MR) is 137 cm³/mol. The summed E-state index contributed by atoms with van der Waals surface area (Å²) < 4.78 is 0. The van der Waals surface area contributed by atoms with E-state index in [-0.39, 0.29) is 11.8 Å². The first kappa shape index (κ1) is 23.6. The number of H-pyrrole nitrogens is 1. The van der Waals surface area contributed by atoms with Gasteiger partial charge in [-0.15, -0.1) is 0 Å². The van der Waals surface area contributed by atoms with Crippen LogP contribution in [-0.4, -0.2) is 69.2 Å². The topological polar surface area (TPSA) is 115 Å². The molecule has 2 aromatic heterocycles. The number of aromatic nitrogens is 5. The molecule has 3 aromatic rings. The molecule has 1 amide bonds. The Bertz CT molecular complexity index is 1170. The number of nitrogens with one attached hydrogen (secondary N) is 3. The number of piperazine rings is 1. The second kappa shape index (κ2) is 10.2. The summed E-state index contributed by atoms with van der Waals surface area (Å²) in [4.78, 5) is 31.6. The first-order chi connectivity index (χ1) is 16.9. The molecule has 0 unspecified atom stereocenters. The van der Waals surface area contributed by atoms with Crippen LogP contribution < -0.4 is 15.5 Å². The normalized spacial score (nSPS) is 16.5. The highest BCUT2D eigenvalue weighted by Crippen LogP contribution is 2.31. The van der Waals surface area contributed by atoms with Crippen LogP contribution in [0.2, 0.25) is 0 Å². The number of anilines is 4. The van der Waals surface area contributed by atoms with Gasteiger partial charge in [-0.3, -0.25) is 9.89 Å². The second-order valence-electron chi connectivity index (χ2n) is 9.41. The van der Waals surface area contributed by atoms with Crippen molar-refractivity contribution >= 4 is 41.1 Å². The maximum atomic E-state index is 12.0. The summed E-state index contributed by atoms with van der Waals surface area (Å²) in [5, 5.41) is 14.2. The van der Waals surface area contributed by atoms with Gasteiger partial charge in [0.05, 0.1) is 0 Å². The number of carbonyl (C=O) groups is 1. The fourth-order valence-corrected chi connectivity index (χ4v) is 4.45. The summed E-state index contributed by atoms with van der Waals surface area (Å²) in [5.41, 5.74) is 1.85. The number of hydrogen-bond donors (Lipinski definition) is 3. The van der Waals surface area contributed by atoms with Crippen LogP contribution in [0.25, 0.3) is 0 Å². The molecule has 1 aliphatic heterocycles. The fourth-order valence-electron chi connectivity index (χ4n) is 3.71. The molecule has 0 bridgehead atoms. The molecule has 11 heteroatoms. The van der Waals surface area contributed by atoms with Gasteiger partial charge in [0.1, 0.15) is 0 Å². The van der Waals surface area contributed by atoms with E-state index in [1.807, 2.05) is 30.3 Å². The van der Waals surface area contributed by atoms with Gasteiger partial charge in [0.2, 0.25) is 17.8 Å². The fraction of sp³-hybridized carbons (Fsp3) is 0.458. The number of hydrogen-bond acceptors (Lipinski definition) is 9. The predicted octanol–water partition coefficient (Wildman–Crippen LogP) is 3.71. The summed E-state index contributed by atoms with van der Waals surface area (Å²) in [7, 11) is 2.12. The van der Waals surface area contributed by atoms with Crippen LogP contribution in [0.4, 0.5) is 23.4 Å². The third-order valence-electron chi connectivity index (χ3n) is 6.13. The van der Waals surface area contributed by atoms with E-state index in [1.54, 1.807) is 0 Å². The lowest BCUT2D eigenvalue weighted by atomic mass is 10.1. The van der Waals surface area contributed by atoms with Crippen LogP contribution in [0.15, 0.2) is 40.4 Å². The minimum absolute atomic E-state index is 0.106. The number of aromatic amines is 1. The lowest BCUT2D eigenvalue weighted by molar-refractivity contribution is -0.117. The first-order valence-electron chi connectivity index (χ1n) is 12.0. The molecule has 2 aliphatic rings. The standard InChI is InChI=1S/C24H31N9OS/c1-15(2)19-14-20(31-30-19)26-22-27-23(33-12-10-32(3)11-13-33)29-24(28-22)35-18-8-6-17(7-9-18)25-21(34)16-4-5-16/h6-9,14-16H,4-5,10-13H2,1-3H3,(H,25,34)(H2,26,27,28,29,30,31). The number of carbonyl (C=O) groups excluding carboxylic acids is 1. The SMILES string of the molecule is CC(C)c1cc(Nc2nc(Sc3ccc(NC(=O)C4CC4)cc3)nc(N3CCN(C)CC3)n2)n[nH]1. The van der Waals surface area contributed by atoms with Crippen molar-refractivity contribution in [1.82, 2.24) is 30.0 Å². The largest absolute Gasteiger partial charge is 0.338 e. The van der Waals surface area contributed by atoms with Crippen LogP contribution >= 0.6 is 11.8 Å². The molecule has 1 aromatic carbocycles. The number of amides is 1. The van der Waals surface area contributed by atoms with Gasteiger partial charge < -0.3 is 20.4 Å². The lowest BCUT2D eigenvalue weighted by Crippen LogP contribution is -2.45. The van der Waals surface area contributed by atoms with Crippen molar-refractivity contribution in [2.45, 2.75) is 42.7 Å². The Morgan fingerprint density at radius 3 is 2.49 bits per heavy atom. The first-order valence-corrected chi connectivity index (χ1v) is 12.9. The highest BCUT2D eigenvalue weighted by atomic mass is 32.2. The molecule has 0 spiro atoms. The summed E-state index contributed by atoms with van der Waals surface area (Å²) in [6.07, 6.45) is 1.98. The van der Waals surface area contributed by atoms with Gasteiger partial charge in [0.25, 0.3) is 0 Å². The maximum Gasteiger partial charge on any atom is 0.234 e. The molecule has 1 saturated carbocycles. The van der Waals surface area contributed by atoms with E-state index in [9.17, 15) is 4.79 Å². The average Bonchev–Trinajstić information content (AvgIpc) is 3.59. The third kappa shape index (κ3) is 6.09. The Hall–Kier alpha value is -3.18. The van der Waals surface area contributed by atoms with Crippen molar-refractivity contribution in [2.24, 2.45) is 5.92 Å². The minimum atomic E-state index is 0.106. The Morgan fingerprint density at radius 1 is 1.09 bits per heavy atom. The Balaban J connectivity index is 1.35. The van der Waals surface area contributed by atoms with Crippen LogP contribution in [-0.2, 0) is 4.79 Å². The lowest BCUT2D eigenvalue weighted by Gasteiger charge is -2.32. The second-order valence-corrected chi connectivity index (χ2v) is 10.5. The molecule has 10 nitrogen and oxygen atoms in total. The van der Waals surface area contributed by atoms with Crippen molar-refractivity contribution < 1.29 is 4.79 Å². The molecule has 0 radical (unpaired) electrons. The van der Waals surface area contributed by atoms with Crippen LogP contribution in [0.1, 0.15) is 38.3 Å². The van der Waals surface area contributed by atoms with Crippen LogP contribution in [0.5, 0.6) is 0 Å². The highest BCUT2D eigenvalue weighted by Gasteiger charge is 2.29. The van der Waals surface area contributed by atoms with Crippen LogP contribution in [0.3, 0.4) is 0 Å². The molecule has 3 N–H and O–H groups in total. The summed E-state index contributed by atoms with van der Waals surface area (Å²) >= 11 is 1.47. The zero-order valence-corrected chi connectivity index (χ0v) is 21.1. The smallest absolute Gasteiger partial charge is 0.234 e. The van der Waals surface area contributed by atoms with Crippen LogP contribution in [0, 0.1) is 5.92 Å². The molecule has 0 atom stereocenters. The van der Waals surface area contributed by atoms with Gasteiger partial charge >= 0.3 is 0 Å². The maximum absolute atomic E-state index is 12.0. The van der Waals surface area contributed by atoms with Gasteiger partial charge in [-0.2, -0.15) is 20.1 Å². The van der Waals surface area contributed by atoms with E-state index >= 15 is 0 Å². The summed E-state index contributed by atoms with van der Waals surface area (Å²) in [6, 6.07) is 9.76. The molecule has 1 aliphatic carbocycles. The summed E-state index contributed by atoms with van der Waals surface area (Å²) in [5.74, 6) is 2.43. The van der Waals surface area contributed by atoms with Crippen molar-refractivity contribution in [3.63, 3.8) is 0 Å². The molecule has 3 heterocycles. The van der Waals surface area contributed by atoms with E-state index in [2.05, 4.69) is 56.5 Å². The molecule has 35 heavy (non-hydrogen) atoms. The van der Waals surface area contributed by atoms with Gasteiger partial charge in [0, 0.05) is 54.4 Å². The number of benzene rings is 1. The van der Waals surface area contributed by atoms with E-state index in [1.165, 1.54) is 11.8 Å². The van der Waals surface area contributed by atoms with Gasteiger partial charge in [-0.1, -0.05) is 13.8 Å². The van der Waals surface area contributed by atoms with Gasteiger partial charge in [-0.05, 0) is 61.8 Å². The monoisotopic (exact) mass is 493 g/mol. The number of likely N-dealkylation sites (N-methyl/N-ethyl adjacent to an activating group) is 1. The molecule has 5 rings (SSSR count). The van der Waals surface area contributed by atoms with Crippen molar-refractivity contribution in [3.8, 4) is 0 Å². The van der Waals surface area contributed by atoms with Crippen molar-refractivity contribution in [2.75, 3.05) is 48.8 Å². The molecular formula is C24H31N9OS. The third-order valence-corrected chi connectivity index (χ3v) is 7.00. The van der Waals surface area contributed by atoms with Crippen molar-refractivity contribution in [3.05, 3.63) is 36.0 Å². The molecular weight excluding hydrogens is 462 g/mol. The zero-order chi connectivity index (χ0) is 24.4. The quantitative estimate of drug-likeness (QED) is 0.432. The Kier molecular flexibility index (Phi) is 6.87. The van der Waals surface area contributed by atoms with E-state index < -0.39 is 0 Å². The summed E-state index contributed by atoms with van der Waals surface area (Å²) in [6.45, 7) is 7.87. The molecule has 184 valence electrons. The number of rotatable bonds is 8. The van der Waals surface area contributed by atoms with Gasteiger partial charge in [0.15, 0.2) is 11.0 Å². The number of nitrogens with zero attached hydrogens (tertiary/aromatic N) is 6. The Labute approximate surface area is 209 Å². The zero-order valence-electron chi connectivity index (χ0n) is 20.3. The van der Waals surface area contributed by atoms with E-state index in [0.29, 0.717) is 28.8 Å². The Morgan fingerprint density at radius 2 is 1.83 bits per heavy atom. The van der Waals surface area contributed by atoms with Crippen molar-refractivity contribution in [1.29, 1.82) is 0 Å². The molecule has 2 fully saturated rings. The highest BCUT2D eigenvalue weighted by molar-refractivity contribution is 7.99.